The average Bonchev–Trinajstić information content (AvgIpc) is 2.28. The number of hydrogen-bond donors (Lipinski definition) is 1. The third kappa shape index (κ3) is 3.68. The maximum atomic E-state index is 12.3. The fraction of sp³-hybridized carbons (Fsp3) is 0.923. The second-order valence-electron chi connectivity index (χ2n) is 5.45. The topological polar surface area (TPSA) is 49.6 Å². The van der Waals surface area contributed by atoms with Gasteiger partial charge in [0.15, 0.2) is 0 Å². The van der Waals surface area contributed by atoms with Crippen molar-refractivity contribution in [3.05, 3.63) is 0 Å². The summed E-state index contributed by atoms with van der Waals surface area (Å²) in [4.78, 5) is 16.6. The largest absolute Gasteiger partial charge is 0.337 e. The molecule has 0 aromatic heterocycles. The van der Waals surface area contributed by atoms with Crippen LogP contribution in [0.15, 0.2) is 0 Å². The highest BCUT2D eigenvalue weighted by Gasteiger charge is 2.30. The maximum Gasteiger partial charge on any atom is 0.240 e. The van der Waals surface area contributed by atoms with Crippen LogP contribution < -0.4 is 5.73 Å². The molecule has 1 saturated heterocycles. The minimum absolute atomic E-state index is 0.114. The number of carbonyl (C=O) groups excluding carboxylic acids is 1. The maximum absolute atomic E-state index is 12.3. The Bertz CT molecular complexity index is 255. The number of nitrogens with zero attached hydrogens (tertiary/aromatic N) is 2. The van der Waals surface area contributed by atoms with Crippen LogP contribution in [0.1, 0.15) is 33.6 Å². The monoisotopic (exact) mass is 241 g/mol. The van der Waals surface area contributed by atoms with Crippen LogP contribution >= 0.6 is 0 Å². The van der Waals surface area contributed by atoms with E-state index in [1.54, 1.807) is 0 Å². The summed E-state index contributed by atoms with van der Waals surface area (Å²) in [6, 6.07) is -0.0155. The molecule has 0 aliphatic carbocycles. The van der Waals surface area contributed by atoms with Gasteiger partial charge in [0, 0.05) is 19.1 Å². The van der Waals surface area contributed by atoms with Gasteiger partial charge in [-0.3, -0.25) is 4.79 Å². The summed E-state index contributed by atoms with van der Waals surface area (Å²) >= 11 is 0. The van der Waals surface area contributed by atoms with Gasteiger partial charge in [-0.2, -0.15) is 0 Å². The van der Waals surface area contributed by atoms with Crippen molar-refractivity contribution >= 4 is 5.91 Å². The van der Waals surface area contributed by atoms with Crippen molar-refractivity contribution in [3.8, 4) is 0 Å². The number of nitrogens with two attached hydrogens (primary N) is 1. The van der Waals surface area contributed by atoms with Crippen LogP contribution in [0.2, 0.25) is 0 Å². The standard InChI is InChI=1S/C13H27N3O/c1-5-16(13(17)12(14)10(2)3)11-7-6-8-15(4)9-11/h10-12H,5-9,14H2,1-4H3/t11?,12-/m0/s1. The van der Waals surface area contributed by atoms with Gasteiger partial charge in [-0.05, 0) is 39.3 Å². The SMILES string of the molecule is CCN(C(=O)[C@@H](N)C(C)C)C1CCCN(C)C1. The van der Waals surface area contributed by atoms with E-state index in [1.165, 1.54) is 6.42 Å². The van der Waals surface area contributed by atoms with Gasteiger partial charge < -0.3 is 15.5 Å². The lowest BCUT2D eigenvalue weighted by Crippen LogP contribution is -2.54. The number of carbonyl (C=O) groups is 1. The van der Waals surface area contributed by atoms with Crippen LogP contribution in [0.25, 0.3) is 0 Å². The van der Waals surface area contributed by atoms with Crippen LogP contribution in [0.5, 0.6) is 0 Å². The molecule has 2 N–H and O–H groups in total. The normalized spacial score (nSPS) is 23.8. The molecule has 0 radical (unpaired) electrons. The summed E-state index contributed by atoms with van der Waals surface area (Å²) < 4.78 is 0. The first kappa shape index (κ1) is 14.5. The number of likely N-dealkylation sites (N-methyl/N-ethyl adjacent to an activating group) is 2. The predicted molar refractivity (Wildman–Crippen MR) is 70.7 cm³/mol. The first-order chi connectivity index (χ1) is 7.97. The fourth-order valence-electron chi connectivity index (χ4n) is 2.46. The average molecular weight is 241 g/mol. The molecule has 0 saturated carbocycles. The first-order valence-electron chi connectivity index (χ1n) is 6.72. The summed E-state index contributed by atoms with van der Waals surface area (Å²) in [7, 11) is 2.12. The molecule has 0 aromatic carbocycles. The van der Waals surface area contributed by atoms with Crippen molar-refractivity contribution < 1.29 is 4.79 Å². The van der Waals surface area contributed by atoms with Gasteiger partial charge in [-0.15, -0.1) is 0 Å². The van der Waals surface area contributed by atoms with E-state index in [-0.39, 0.29) is 17.9 Å². The van der Waals surface area contributed by atoms with Gasteiger partial charge >= 0.3 is 0 Å². The van der Waals surface area contributed by atoms with E-state index in [9.17, 15) is 4.79 Å². The molecule has 100 valence electrons. The molecule has 1 unspecified atom stereocenters. The quantitative estimate of drug-likeness (QED) is 0.796. The molecule has 0 bridgehead atoms. The smallest absolute Gasteiger partial charge is 0.240 e. The zero-order valence-electron chi connectivity index (χ0n) is 11.6. The van der Waals surface area contributed by atoms with Gasteiger partial charge in [0.2, 0.25) is 5.91 Å². The summed E-state index contributed by atoms with van der Waals surface area (Å²) in [6.45, 7) is 8.92. The fourth-order valence-corrected chi connectivity index (χ4v) is 2.46. The molecule has 0 aromatic rings. The molecule has 2 atom stereocenters. The van der Waals surface area contributed by atoms with Crippen molar-refractivity contribution in [1.82, 2.24) is 9.80 Å². The number of rotatable bonds is 4. The first-order valence-corrected chi connectivity index (χ1v) is 6.72. The molecule has 0 spiro atoms. The minimum atomic E-state index is -0.359. The lowest BCUT2D eigenvalue weighted by Gasteiger charge is -2.39. The van der Waals surface area contributed by atoms with E-state index in [2.05, 4.69) is 11.9 Å². The summed E-state index contributed by atoms with van der Waals surface area (Å²) in [5.41, 5.74) is 5.97. The molecule has 4 heteroatoms. The van der Waals surface area contributed by atoms with Gasteiger partial charge in [0.1, 0.15) is 0 Å². The lowest BCUT2D eigenvalue weighted by atomic mass is 10.00. The summed E-state index contributed by atoms with van der Waals surface area (Å²) in [5.74, 6) is 0.320. The third-order valence-corrected chi connectivity index (χ3v) is 3.67. The van der Waals surface area contributed by atoms with Crippen molar-refractivity contribution in [2.45, 2.75) is 45.7 Å². The molecule has 1 fully saturated rings. The van der Waals surface area contributed by atoms with Crippen LogP contribution in [-0.2, 0) is 4.79 Å². The molecule has 1 amide bonds. The van der Waals surface area contributed by atoms with Gasteiger partial charge in [0.05, 0.1) is 6.04 Å². The van der Waals surface area contributed by atoms with E-state index in [4.69, 9.17) is 5.73 Å². The van der Waals surface area contributed by atoms with Gasteiger partial charge in [0.25, 0.3) is 0 Å². The number of amides is 1. The Kier molecular flexibility index (Phi) is 5.40. The molecular formula is C13H27N3O. The molecule has 4 nitrogen and oxygen atoms in total. The van der Waals surface area contributed by atoms with Gasteiger partial charge in [-0.25, -0.2) is 0 Å². The van der Waals surface area contributed by atoms with Crippen molar-refractivity contribution in [3.63, 3.8) is 0 Å². The van der Waals surface area contributed by atoms with E-state index < -0.39 is 0 Å². The van der Waals surface area contributed by atoms with E-state index in [0.29, 0.717) is 6.04 Å². The number of likely N-dealkylation sites (tertiary alicyclic amines) is 1. The highest BCUT2D eigenvalue weighted by Crippen LogP contribution is 2.16. The Morgan fingerprint density at radius 1 is 1.53 bits per heavy atom. The Hall–Kier alpha value is -0.610. The van der Waals surface area contributed by atoms with E-state index >= 15 is 0 Å². The second-order valence-corrected chi connectivity index (χ2v) is 5.45. The number of piperidine rings is 1. The predicted octanol–water partition coefficient (Wildman–Crippen LogP) is 0.912. The van der Waals surface area contributed by atoms with Crippen molar-refractivity contribution in [2.75, 3.05) is 26.7 Å². The van der Waals surface area contributed by atoms with E-state index in [1.807, 2.05) is 25.7 Å². The minimum Gasteiger partial charge on any atom is -0.337 e. The Balaban J connectivity index is 2.66. The molecular weight excluding hydrogens is 214 g/mol. The highest BCUT2D eigenvalue weighted by molar-refractivity contribution is 5.82. The van der Waals surface area contributed by atoms with Crippen molar-refractivity contribution in [2.24, 2.45) is 11.7 Å². The molecule has 1 heterocycles. The zero-order valence-corrected chi connectivity index (χ0v) is 11.6. The van der Waals surface area contributed by atoms with Crippen molar-refractivity contribution in [1.29, 1.82) is 0 Å². The summed E-state index contributed by atoms with van der Waals surface area (Å²) in [6.07, 6.45) is 2.27. The molecule has 1 rings (SSSR count). The lowest BCUT2D eigenvalue weighted by molar-refractivity contribution is -0.136. The van der Waals surface area contributed by atoms with Crippen LogP contribution in [0.3, 0.4) is 0 Å². The number of hydrogen-bond acceptors (Lipinski definition) is 3. The Labute approximate surface area is 105 Å². The zero-order chi connectivity index (χ0) is 13.0. The van der Waals surface area contributed by atoms with Crippen LogP contribution in [0.4, 0.5) is 0 Å². The second kappa shape index (κ2) is 6.36. The highest BCUT2D eigenvalue weighted by atomic mass is 16.2. The van der Waals surface area contributed by atoms with Crippen LogP contribution in [-0.4, -0.2) is 54.5 Å². The third-order valence-electron chi connectivity index (χ3n) is 3.67. The van der Waals surface area contributed by atoms with E-state index in [0.717, 1.165) is 26.1 Å². The Morgan fingerprint density at radius 2 is 2.18 bits per heavy atom. The van der Waals surface area contributed by atoms with Crippen LogP contribution in [0, 0.1) is 5.92 Å². The Morgan fingerprint density at radius 3 is 2.65 bits per heavy atom. The molecule has 17 heavy (non-hydrogen) atoms. The van der Waals surface area contributed by atoms with Gasteiger partial charge in [-0.1, -0.05) is 13.8 Å². The summed E-state index contributed by atoms with van der Waals surface area (Å²) in [5, 5.41) is 0. The molecule has 1 aliphatic heterocycles. The molecule has 1 aliphatic rings.